The molecule has 0 radical (unpaired) electrons. The summed E-state index contributed by atoms with van der Waals surface area (Å²) >= 11 is 1.51. The van der Waals surface area contributed by atoms with Crippen molar-refractivity contribution in [3.8, 4) is 17.0 Å². The summed E-state index contributed by atoms with van der Waals surface area (Å²) in [5, 5.41) is 3.58. The smallest absolute Gasteiger partial charge is 0.231 e. The number of rotatable bonds is 4. The summed E-state index contributed by atoms with van der Waals surface area (Å²) in [7, 11) is 1.68. The van der Waals surface area contributed by atoms with Crippen LogP contribution >= 0.6 is 11.3 Å². The molecule has 1 aliphatic rings. The van der Waals surface area contributed by atoms with Gasteiger partial charge in [-0.15, -0.1) is 11.3 Å². The number of hydrogen-bond donors (Lipinski definition) is 1. The molecule has 0 spiro atoms. The van der Waals surface area contributed by atoms with Crippen LogP contribution in [-0.4, -0.2) is 31.2 Å². The van der Waals surface area contributed by atoms with E-state index in [1.54, 1.807) is 7.11 Å². The normalized spacial score (nSPS) is 17.1. The number of carbonyl (C=O) groups is 1. The summed E-state index contributed by atoms with van der Waals surface area (Å²) in [5.74, 6) is 0.803. The second-order valence-corrected chi connectivity index (χ2v) is 7.31. The number of amides is 1. The summed E-state index contributed by atoms with van der Waals surface area (Å²) in [6, 6.07) is 4.12. The number of methoxy groups -OCH3 is 1. The standard InChI is InChI=1S/C18H22N2O3S/c1-10-8-15(22-4)11(2)7-14(10)16-12(3)24-18(19-16)20-17(21)13-5-6-23-9-13/h7-8,13H,5-6,9H2,1-4H3,(H,19,20,21). The lowest BCUT2D eigenvalue weighted by Gasteiger charge is -2.10. The van der Waals surface area contributed by atoms with Crippen LogP contribution in [0.2, 0.25) is 0 Å². The second-order valence-electron chi connectivity index (χ2n) is 6.11. The first kappa shape index (κ1) is 16.9. The lowest BCUT2D eigenvalue weighted by atomic mass is 10.0. The monoisotopic (exact) mass is 346 g/mol. The van der Waals surface area contributed by atoms with Gasteiger partial charge >= 0.3 is 0 Å². The molecular weight excluding hydrogens is 324 g/mol. The van der Waals surface area contributed by atoms with Gasteiger partial charge in [0.1, 0.15) is 5.75 Å². The third kappa shape index (κ3) is 3.30. The molecule has 6 heteroatoms. The van der Waals surface area contributed by atoms with Crippen LogP contribution in [0.1, 0.15) is 22.4 Å². The lowest BCUT2D eigenvalue weighted by molar-refractivity contribution is -0.119. The fourth-order valence-corrected chi connectivity index (χ4v) is 3.74. The topological polar surface area (TPSA) is 60.5 Å². The first-order valence-electron chi connectivity index (χ1n) is 8.01. The molecule has 2 aromatic rings. The van der Waals surface area contributed by atoms with E-state index in [0.717, 1.165) is 39.4 Å². The van der Waals surface area contributed by atoms with Gasteiger partial charge in [-0.3, -0.25) is 4.79 Å². The molecule has 3 rings (SSSR count). The van der Waals surface area contributed by atoms with Crippen LogP contribution < -0.4 is 10.1 Å². The van der Waals surface area contributed by atoms with Crippen molar-refractivity contribution in [2.75, 3.05) is 25.6 Å². The Morgan fingerprint density at radius 1 is 1.33 bits per heavy atom. The van der Waals surface area contributed by atoms with Crippen LogP contribution in [0, 0.1) is 26.7 Å². The molecule has 0 aliphatic carbocycles. The number of ether oxygens (including phenoxy) is 2. The molecule has 2 heterocycles. The van der Waals surface area contributed by atoms with Gasteiger partial charge in [-0.25, -0.2) is 4.98 Å². The Bertz CT molecular complexity index is 764. The van der Waals surface area contributed by atoms with Gasteiger partial charge in [0, 0.05) is 17.0 Å². The van der Waals surface area contributed by atoms with Crippen LogP contribution in [0.4, 0.5) is 5.13 Å². The largest absolute Gasteiger partial charge is 0.496 e. The third-order valence-corrected chi connectivity index (χ3v) is 5.21. The molecule has 1 atom stereocenters. The summed E-state index contributed by atoms with van der Waals surface area (Å²) < 4.78 is 10.7. The first-order valence-corrected chi connectivity index (χ1v) is 8.83. The van der Waals surface area contributed by atoms with E-state index in [2.05, 4.69) is 16.4 Å². The van der Waals surface area contributed by atoms with Gasteiger partial charge in [0.2, 0.25) is 5.91 Å². The van der Waals surface area contributed by atoms with Crippen molar-refractivity contribution >= 4 is 22.4 Å². The highest BCUT2D eigenvalue weighted by atomic mass is 32.1. The molecule has 5 nitrogen and oxygen atoms in total. The van der Waals surface area contributed by atoms with E-state index in [4.69, 9.17) is 9.47 Å². The third-order valence-electron chi connectivity index (χ3n) is 4.32. The highest BCUT2D eigenvalue weighted by Gasteiger charge is 2.24. The summed E-state index contributed by atoms with van der Waals surface area (Å²) in [4.78, 5) is 18.0. The van der Waals surface area contributed by atoms with Gasteiger partial charge in [0.15, 0.2) is 5.13 Å². The van der Waals surface area contributed by atoms with E-state index in [-0.39, 0.29) is 11.8 Å². The van der Waals surface area contributed by atoms with Crippen molar-refractivity contribution in [1.82, 2.24) is 4.98 Å². The zero-order valence-corrected chi connectivity index (χ0v) is 15.3. The molecule has 128 valence electrons. The molecule has 1 unspecified atom stereocenters. The van der Waals surface area contributed by atoms with Gasteiger partial charge in [0.05, 0.1) is 25.3 Å². The van der Waals surface area contributed by atoms with Crippen molar-refractivity contribution in [3.63, 3.8) is 0 Å². The minimum Gasteiger partial charge on any atom is -0.496 e. The van der Waals surface area contributed by atoms with Crippen molar-refractivity contribution in [3.05, 3.63) is 28.1 Å². The van der Waals surface area contributed by atoms with E-state index in [1.807, 2.05) is 26.8 Å². The fourth-order valence-electron chi connectivity index (χ4n) is 2.91. The Kier molecular flexibility index (Phi) is 4.87. The maximum Gasteiger partial charge on any atom is 0.231 e. The van der Waals surface area contributed by atoms with Gasteiger partial charge in [-0.2, -0.15) is 0 Å². The SMILES string of the molecule is COc1cc(C)c(-c2nc(NC(=O)C3CCOC3)sc2C)cc1C. The van der Waals surface area contributed by atoms with Crippen LogP contribution in [0.25, 0.3) is 11.3 Å². The molecule has 1 N–H and O–H groups in total. The Labute approximate surface area is 146 Å². The van der Waals surface area contributed by atoms with Crippen LogP contribution in [0.15, 0.2) is 12.1 Å². The van der Waals surface area contributed by atoms with Crippen molar-refractivity contribution in [1.29, 1.82) is 0 Å². The number of aryl methyl sites for hydroxylation is 3. The van der Waals surface area contributed by atoms with Crippen molar-refractivity contribution < 1.29 is 14.3 Å². The zero-order valence-electron chi connectivity index (χ0n) is 14.4. The average molecular weight is 346 g/mol. The van der Waals surface area contributed by atoms with Gasteiger partial charge < -0.3 is 14.8 Å². The molecular formula is C18H22N2O3S. The molecule has 1 saturated heterocycles. The quantitative estimate of drug-likeness (QED) is 0.916. The number of nitrogens with zero attached hydrogens (tertiary/aromatic N) is 1. The van der Waals surface area contributed by atoms with E-state index >= 15 is 0 Å². The maximum absolute atomic E-state index is 12.2. The predicted octanol–water partition coefficient (Wildman–Crippen LogP) is 3.72. The molecule has 1 aromatic heterocycles. The first-order chi connectivity index (χ1) is 11.5. The van der Waals surface area contributed by atoms with E-state index in [0.29, 0.717) is 18.3 Å². The van der Waals surface area contributed by atoms with Crippen molar-refractivity contribution in [2.24, 2.45) is 5.92 Å². The van der Waals surface area contributed by atoms with E-state index in [1.165, 1.54) is 11.3 Å². The number of carbonyl (C=O) groups excluding carboxylic acids is 1. The van der Waals surface area contributed by atoms with Gasteiger partial charge in [-0.1, -0.05) is 0 Å². The number of aromatic nitrogens is 1. The number of hydrogen-bond acceptors (Lipinski definition) is 5. The maximum atomic E-state index is 12.2. The Hall–Kier alpha value is -1.92. The summed E-state index contributed by atoms with van der Waals surface area (Å²) in [6.45, 7) is 7.25. The van der Waals surface area contributed by atoms with Gasteiger partial charge in [0.25, 0.3) is 0 Å². The second kappa shape index (κ2) is 6.91. The molecule has 0 bridgehead atoms. The molecule has 1 fully saturated rings. The summed E-state index contributed by atoms with van der Waals surface area (Å²) in [6.07, 6.45) is 0.778. The number of thiazole rings is 1. The highest BCUT2D eigenvalue weighted by Crippen LogP contribution is 2.35. The molecule has 24 heavy (non-hydrogen) atoms. The summed E-state index contributed by atoms with van der Waals surface area (Å²) in [5.41, 5.74) is 4.17. The minimum atomic E-state index is -0.0670. The predicted molar refractivity (Wildman–Crippen MR) is 95.9 cm³/mol. The lowest BCUT2D eigenvalue weighted by Crippen LogP contribution is -2.22. The molecule has 0 saturated carbocycles. The minimum absolute atomic E-state index is 0.00423. The number of nitrogens with one attached hydrogen (secondary N) is 1. The molecule has 1 aromatic carbocycles. The van der Waals surface area contributed by atoms with Crippen molar-refractivity contribution in [2.45, 2.75) is 27.2 Å². The number of anilines is 1. The van der Waals surface area contributed by atoms with E-state index in [9.17, 15) is 4.79 Å². The van der Waals surface area contributed by atoms with Crippen LogP contribution in [0.5, 0.6) is 5.75 Å². The Morgan fingerprint density at radius 2 is 2.12 bits per heavy atom. The van der Waals surface area contributed by atoms with Crippen LogP contribution in [0.3, 0.4) is 0 Å². The Morgan fingerprint density at radius 3 is 2.79 bits per heavy atom. The Balaban J connectivity index is 1.86. The molecule has 1 amide bonds. The number of benzene rings is 1. The highest BCUT2D eigenvalue weighted by molar-refractivity contribution is 7.16. The zero-order chi connectivity index (χ0) is 17.3. The van der Waals surface area contributed by atoms with Gasteiger partial charge in [-0.05, 0) is 50.5 Å². The average Bonchev–Trinajstić information content (AvgIpc) is 3.19. The van der Waals surface area contributed by atoms with E-state index < -0.39 is 0 Å². The van der Waals surface area contributed by atoms with Crippen LogP contribution in [-0.2, 0) is 9.53 Å². The molecule has 1 aliphatic heterocycles. The fraction of sp³-hybridized carbons (Fsp3) is 0.444.